The van der Waals surface area contributed by atoms with Crippen molar-refractivity contribution >= 4 is 10.1 Å². The van der Waals surface area contributed by atoms with E-state index in [0.29, 0.717) is 11.5 Å². The molecule has 0 spiro atoms. The molecule has 0 unspecified atom stereocenters. The highest BCUT2D eigenvalue weighted by molar-refractivity contribution is 7.85. The van der Waals surface area contributed by atoms with Gasteiger partial charge in [0.05, 0.1) is 16.0 Å². The highest BCUT2D eigenvalue weighted by Gasteiger charge is 2.09. The second kappa shape index (κ2) is 5.63. The summed E-state index contributed by atoms with van der Waals surface area (Å²) < 4.78 is 36.1. The highest BCUT2D eigenvalue weighted by Crippen LogP contribution is 2.24. The summed E-state index contributed by atoms with van der Waals surface area (Å²) in [6.07, 6.45) is 0. The first-order chi connectivity index (χ1) is 9.94. The van der Waals surface area contributed by atoms with Crippen molar-refractivity contribution < 1.29 is 17.7 Å². The minimum Gasteiger partial charge on any atom is -0.457 e. The van der Waals surface area contributed by atoms with Gasteiger partial charge in [0.2, 0.25) is 0 Å². The van der Waals surface area contributed by atoms with E-state index in [2.05, 4.69) is 0 Å². The van der Waals surface area contributed by atoms with Crippen molar-refractivity contribution in [2.75, 3.05) is 0 Å². The van der Waals surface area contributed by atoms with Gasteiger partial charge in [-0.2, -0.15) is 18.9 Å². The molecule has 0 atom stereocenters. The van der Waals surface area contributed by atoms with E-state index in [0.717, 1.165) is 0 Å². The van der Waals surface area contributed by atoms with Crippen LogP contribution in [0.2, 0.25) is 0 Å². The summed E-state index contributed by atoms with van der Waals surface area (Å²) in [6.45, 7) is 0. The molecule has 0 saturated heterocycles. The minimum absolute atomic E-state index is 0.185. The third-order valence-electron chi connectivity index (χ3n) is 2.59. The van der Waals surface area contributed by atoms with Crippen LogP contribution >= 0.6 is 0 Å². The highest BCUT2D eigenvalue weighted by atomic mass is 32.2. The molecule has 2 aromatic rings. The average Bonchev–Trinajstić information content (AvgIpc) is 2.46. The van der Waals surface area contributed by atoms with Crippen LogP contribution in [0, 0.1) is 22.7 Å². The van der Waals surface area contributed by atoms with Gasteiger partial charge in [0.25, 0.3) is 10.1 Å². The van der Waals surface area contributed by atoms with Crippen molar-refractivity contribution in [3.63, 3.8) is 0 Å². The van der Waals surface area contributed by atoms with Gasteiger partial charge in [-0.15, -0.1) is 0 Å². The molecule has 21 heavy (non-hydrogen) atoms. The lowest BCUT2D eigenvalue weighted by molar-refractivity contribution is 0.478. The van der Waals surface area contributed by atoms with Crippen molar-refractivity contribution in [2.24, 2.45) is 0 Å². The zero-order valence-corrected chi connectivity index (χ0v) is 11.3. The number of hydrogen-bond acceptors (Lipinski definition) is 5. The number of nitrogens with zero attached hydrogens (tertiary/aromatic N) is 2. The molecular weight excluding hydrogens is 292 g/mol. The van der Waals surface area contributed by atoms with Crippen molar-refractivity contribution in [1.82, 2.24) is 0 Å². The van der Waals surface area contributed by atoms with Crippen LogP contribution in [-0.2, 0) is 10.1 Å². The molecule has 0 bridgehead atoms. The van der Waals surface area contributed by atoms with Crippen LogP contribution in [-0.4, -0.2) is 13.0 Å². The van der Waals surface area contributed by atoms with Gasteiger partial charge in [-0.25, -0.2) is 0 Å². The molecule has 6 nitrogen and oxygen atoms in total. The summed E-state index contributed by atoms with van der Waals surface area (Å²) in [5.41, 5.74) is 0.427. The van der Waals surface area contributed by atoms with Crippen LogP contribution in [0.4, 0.5) is 0 Å². The summed E-state index contributed by atoms with van der Waals surface area (Å²) in [5.74, 6) is 0.668. The number of ether oxygens (including phenoxy) is 1. The maximum absolute atomic E-state index is 10.9. The van der Waals surface area contributed by atoms with Crippen molar-refractivity contribution in [3.05, 3.63) is 53.6 Å². The smallest absolute Gasteiger partial charge is 0.294 e. The third kappa shape index (κ3) is 3.37. The largest absolute Gasteiger partial charge is 0.457 e. The fraction of sp³-hybridized carbons (Fsp3) is 0. The van der Waals surface area contributed by atoms with E-state index in [1.165, 1.54) is 42.5 Å². The molecule has 0 fully saturated rings. The third-order valence-corrected chi connectivity index (χ3v) is 3.46. The molecule has 2 aromatic carbocycles. The molecule has 0 amide bonds. The van der Waals surface area contributed by atoms with Gasteiger partial charge in [0, 0.05) is 0 Å². The van der Waals surface area contributed by atoms with E-state index < -0.39 is 10.1 Å². The first kappa shape index (κ1) is 14.5. The van der Waals surface area contributed by atoms with Crippen LogP contribution < -0.4 is 4.74 Å². The van der Waals surface area contributed by atoms with Crippen LogP contribution in [0.1, 0.15) is 11.1 Å². The van der Waals surface area contributed by atoms with Gasteiger partial charge in [0.15, 0.2) is 0 Å². The van der Waals surface area contributed by atoms with Gasteiger partial charge in [-0.1, -0.05) is 0 Å². The van der Waals surface area contributed by atoms with Gasteiger partial charge in [-0.3, -0.25) is 4.55 Å². The summed E-state index contributed by atoms with van der Waals surface area (Å²) in [5, 5.41) is 17.7. The first-order valence-corrected chi connectivity index (χ1v) is 7.07. The number of benzene rings is 2. The van der Waals surface area contributed by atoms with Gasteiger partial charge < -0.3 is 4.74 Å². The lowest BCUT2D eigenvalue weighted by Gasteiger charge is -2.07. The van der Waals surface area contributed by atoms with Crippen molar-refractivity contribution in [2.45, 2.75) is 4.90 Å². The Labute approximate surface area is 121 Å². The number of hydrogen-bond donors (Lipinski definition) is 1. The summed E-state index contributed by atoms with van der Waals surface area (Å²) in [6, 6.07) is 13.3. The lowest BCUT2D eigenvalue weighted by Crippen LogP contribution is -1.97. The molecule has 0 aromatic heterocycles. The van der Waals surface area contributed by atoms with E-state index >= 15 is 0 Å². The predicted octanol–water partition coefficient (Wildman–Crippen LogP) is 2.47. The molecule has 2 rings (SSSR count). The topological polar surface area (TPSA) is 111 Å². The minimum atomic E-state index is -4.25. The Hall–Kier alpha value is -2.87. The molecule has 0 aliphatic rings. The van der Waals surface area contributed by atoms with Crippen LogP contribution in [0.3, 0.4) is 0 Å². The Morgan fingerprint density at radius 3 is 2.00 bits per heavy atom. The van der Waals surface area contributed by atoms with Crippen LogP contribution in [0.15, 0.2) is 47.4 Å². The fourth-order valence-electron chi connectivity index (χ4n) is 1.59. The molecule has 0 heterocycles. The monoisotopic (exact) mass is 300 g/mol. The maximum Gasteiger partial charge on any atom is 0.294 e. The quantitative estimate of drug-likeness (QED) is 0.871. The second-order valence-electron chi connectivity index (χ2n) is 3.98. The Morgan fingerprint density at radius 2 is 1.48 bits per heavy atom. The number of nitriles is 2. The standard InChI is InChI=1S/C14H8N2O4S/c15-8-10-1-2-13(7-11(10)9-16)20-12-3-5-14(6-4-12)21(17,18)19/h1-7H,(H,17,18,19). The Balaban J connectivity index is 2.27. The molecule has 0 aliphatic carbocycles. The fourth-order valence-corrected chi connectivity index (χ4v) is 2.07. The number of rotatable bonds is 3. The second-order valence-corrected chi connectivity index (χ2v) is 5.40. The summed E-state index contributed by atoms with van der Waals surface area (Å²) in [4.78, 5) is -0.243. The van der Waals surface area contributed by atoms with Gasteiger partial charge in [-0.05, 0) is 42.5 Å². The Kier molecular flexibility index (Phi) is 3.90. The van der Waals surface area contributed by atoms with E-state index in [1.54, 1.807) is 0 Å². The molecule has 0 aliphatic heterocycles. The van der Waals surface area contributed by atoms with E-state index in [9.17, 15) is 8.42 Å². The molecule has 7 heteroatoms. The molecule has 1 N–H and O–H groups in total. The Bertz CT molecular complexity index is 859. The van der Waals surface area contributed by atoms with Crippen LogP contribution in [0.5, 0.6) is 11.5 Å². The van der Waals surface area contributed by atoms with Gasteiger partial charge in [0.1, 0.15) is 23.6 Å². The average molecular weight is 300 g/mol. The molecule has 0 saturated carbocycles. The van der Waals surface area contributed by atoms with Gasteiger partial charge >= 0.3 is 0 Å². The molecule has 104 valence electrons. The normalized spacial score (nSPS) is 10.4. The van der Waals surface area contributed by atoms with E-state index in [-0.39, 0.29) is 16.0 Å². The zero-order chi connectivity index (χ0) is 15.5. The maximum atomic E-state index is 10.9. The molecular formula is C14H8N2O4S. The van der Waals surface area contributed by atoms with E-state index in [4.69, 9.17) is 19.8 Å². The Morgan fingerprint density at radius 1 is 0.905 bits per heavy atom. The summed E-state index contributed by atoms with van der Waals surface area (Å²) >= 11 is 0. The SMILES string of the molecule is N#Cc1ccc(Oc2ccc(S(=O)(=O)O)cc2)cc1C#N. The zero-order valence-electron chi connectivity index (χ0n) is 10.5. The summed E-state index contributed by atoms with van der Waals surface area (Å²) in [7, 11) is -4.25. The first-order valence-electron chi connectivity index (χ1n) is 5.63. The molecule has 0 radical (unpaired) electrons. The van der Waals surface area contributed by atoms with Crippen LogP contribution in [0.25, 0.3) is 0 Å². The predicted molar refractivity (Wildman–Crippen MR) is 72.2 cm³/mol. The van der Waals surface area contributed by atoms with Crippen molar-refractivity contribution in [1.29, 1.82) is 10.5 Å². The lowest BCUT2D eigenvalue weighted by atomic mass is 10.1. The van der Waals surface area contributed by atoms with Crippen molar-refractivity contribution in [3.8, 4) is 23.6 Å². The van der Waals surface area contributed by atoms with E-state index in [1.807, 2.05) is 12.1 Å².